The fraction of sp³-hybridized carbons (Fsp3) is 0.941. The van der Waals surface area contributed by atoms with Crippen molar-refractivity contribution >= 4 is 16.2 Å². The molecule has 3 rings (SSSR count). The second kappa shape index (κ2) is 8.22. The first-order chi connectivity index (χ1) is 12.0. The summed E-state index contributed by atoms with van der Waals surface area (Å²) in [6, 6.07) is -0.525. The molecule has 25 heavy (non-hydrogen) atoms. The molecule has 7 nitrogen and oxygen atoms in total. The number of nitrogens with one attached hydrogen (secondary N) is 2. The van der Waals surface area contributed by atoms with E-state index in [1.54, 1.807) is 0 Å². The number of rotatable bonds is 3. The van der Waals surface area contributed by atoms with Crippen LogP contribution in [0.4, 0.5) is 4.79 Å². The van der Waals surface area contributed by atoms with Crippen LogP contribution in [0.1, 0.15) is 70.6 Å². The molecule has 2 saturated carbocycles. The monoisotopic (exact) mass is 373 g/mol. The average molecular weight is 374 g/mol. The zero-order valence-electron chi connectivity index (χ0n) is 15.0. The minimum atomic E-state index is -3.83. The van der Waals surface area contributed by atoms with Gasteiger partial charge < -0.3 is 10.1 Å². The van der Waals surface area contributed by atoms with Gasteiger partial charge in [-0.15, -0.1) is 0 Å². The number of nitrogens with zero attached hydrogens (tertiary/aromatic N) is 1. The van der Waals surface area contributed by atoms with E-state index < -0.39 is 16.2 Å². The summed E-state index contributed by atoms with van der Waals surface area (Å²) in [5, 5.41) is 2.84. The SMILES string of the molecule is O=C(NC1CCCCCC1)NS(=O)(=O)N1CCOC2(CCCCC2)C1. The largest absolute Gasteiger partial charge is 0.372 e. The van der Waals surface area contributed by atoms with Crippen LogP contribution in [0.15, 0.2) is 0 Å². The maximum absolute atomic E-state index is 12.6. The Balaban J connectivity index is 1.55. The fourth-order valence-electron chi connectivity index (χ4n) is 4.33. The standard InChI is InChI=1S/C17H31N3O4S/c21-16(18-15-8-4-1-2-5-9-15)19-25(22,23)20-12-13-24-17(14-20)10-6-3-7-11-17/h15H,1-14H2,(H2,18,19,21). The third kappa shape index (κ3) is 5.08. The van der Waals surface area contributed by atoms with Crippen molar-refractivity contribution in [2.45, 2.75) is 82.3 Å². The highest BCUT2D eigenvalue weighted by atomic mass is 32.2. The van der Waals surface area contributed by atoms with Crippen molar-refractivity contribution < 1.29 is 17.9 Å². The van der Waals surface area contributed by atoms with Gasteiger partial charge in [-0.1, -0.05) is 44.9 Å². The second-order valence-corrected chi connectivity index (χ2v) is 9.37. The van der Waals surface area contributed by atoms with Crippen molar-refractivity contribution in [1.82, 2.24) is 14.3 Å². The number of hydrogen-bond acceptors (Lipinski definition) is 4. The van der Waals surface area contributed by atoms with Crippen molar-refractivity contribution in [1.29, 1.82) is 0 Å². The van der Waals surface area contributed by atoms with Crippen LogP contribution in [0.2, 0.25) is 0 Å². The molecule has 0 aromatic heterocycles. The molecular formula is C17H31N3O4S. The molecule has 8 heteroatoms. The molecule has 2 aliphatic carbocycles. The molecule has 1 heterocycles. The Bertz CT molecular complexity index is 547. The number of carbonyl (C=O) groups excluding carboxylic acids is 1. The lowest BCUT2D eigenvalue weighted by Gasteiger charge is -2.44. The number of hydrogen-bond donors (Lipinski definition) is 2. The molecule has 144 valence electrons. The Kier molecular flexibility index (Phi) is 6.22. The van der Waals surface area contributed by atoms with E-state index in [1.165, 1.54) is 23.6 Å². The van der Waals surface area contributed by atoms with E-state index in [-0.39, 0.29) is 11.6 Å². The first-order valence-electron chi connectivity index (χ1n) is 9.72. The molecular weight excluding hydrogens is 342 g/mol. The van der Waals surface area contributed by atoms with Crippen LogP contribution in [0.25, 0.3) is 0 Å². The summed E-state index contributed by atoms with van der Waals surface area (Å²) in [5.74, 6) is 0. The van der Waals surface area contributed by atoms with Crippen LogP contribution in [0.5, 0.6) is 0 Å². The quantitative estimate of drug-likeness (QED) is 0.743. The van der Waals surface area contributed by atoms with Crippen LogP contribution >= 0.6 is 0 Å². The van der Waals surface area contributed by atoms with E-state index in [1.807, 2.05) is 0 Å². The number of urea groups is 1. The Hall–Kier alpha value is -0.860. The van der Waals surface area contributed by atoms with Crippen molar-refractivity contribution in [2.24, 2.45) is 0 Å². The molecule has 1 saturated heterocycles. The second-order valence-electron chi connectivity index (χ2n) is 7.69. The van der Waals surface area contributed by atoms with Crippen LogP contribution in [0.3, 0.4) is 0 Å². The van der Waals surface area contributed by atoms with E-state index in [4.69, 9.17) is 4.74 Å². The lowest BCUT2D eigenvalue weighted by Crippen LogP contribution is -2.58. The van der Waals surface area contributed by atoms with Gasteiger partial charge in [0.2, 0.25) is 0 Å². The van der Waals surface area contributed by atoms with E-state index >= 15 is 0 Å². The average Bonchev–Trinajstić information content (AvgIpc) is 2.84. The van der Waals surface area contributed by atoms with Gasteiger partial charge >= 0.3 is 16.2 Å². The maximum atomic E-state index is 12.6. The molecule has 2 N–H and O–H groups in total. The molecule has 2 amide bonds. The predicted octanol–water partition coefficient (Wildman–Crippen LogP) is 2.29. The Morgan fingerprint density at radius 1 is 1.00 bits per heavy atom. The Labute approximate surface area is 151 Å². The molecule has 1 aliphatic heterocycles. The number of carbonyl (C=O) groups is 1. The fourth-order valence-corrected chi connectivity index (χ4v) is 5.48. The molecule has 3 aliphatic rings. The summed E-state index contributed by atoms with van der Waals surface area (Å²) >= 11 is 0. The molecule has 3 fully saturated rings. The van der Waals surface area contributed by atoms with Crippen LogP contribution in [-0.4, -0.2) is 50.1 Å². The zero-order chi connectivity index (χ0) is 17.8. The van der Waals surface area contributed by atoms with Gasteiger partial charge in [0.15, 0.2) is 0 Å². The third-order valence-electron chi connectivity index (χ3n) is 5.73. The van der Waals surface area contributed by atoms with Crippen molar-refractivity contribution in [3.05, 3.63) is 0 Å². The summed E-state index contributed by atoms with van der Waals surface area (Å²) in [7, 11) is -3.83. The Morgan fingerprint density at radius 3 is 2.32 bits per heavy atom. The molecule has 0 aromatic carbocycles. The summed E-state index contributed by atoms with van der Waals surface area (Å²) < 4.78 is 34.8. The smallest absolute Gasteiger partial charge is 0.329 e. The van der Waals surface area contributed by atoms with Gasteiger partial charge in [0.25, 0.3) is 0 Å². The molecule has 0 unspecified atom stereocenters. The van der Waals surface area contributed by atoms with E-state index in [2.05, 4.69) is 10.0 Å². The summed E-state index contributed by atoms with van der Waals surface area (Å²) in [6.07, 6.45) is 11.5. The maximum Gasteiger partial charge on any atom is 0.329 e. The van der Waals surface area contributed by atoms with Crippen LogP contribution in [0, 0.1) is 0 Å². The summed E-state index contributed by atoms with van der Waals surface area (Å²) in [5.41, 5.74) is -0.358. The van der Waals surface area contributed by atoms with Crippen molar-refractivity contribution in [2.75, 3.05) is 19.7 Å². The highest BCUT2D eigenvalue weighted by Gasteiger charge is 2.41. The van der Waals surface area contributed by atoms with E-state index in [0.29, 0.717) is 19.7 Å². The van der Waals surface area contributed by atoms with Crippen LogP contribution < -0.4 is 10.0 Å². The van der Waals surface area contributed by atoms with Crippen LogP contribution in [-0.2, 0) is 14.9 Å². The predicted molar refractivity (Wildman–Crippen MR) is 95.4 cm³/mol. The number of ether oxygens (including phenoxy) is 1. The van der Waals surface area contributed by atoms with Gasteiger partial charge in [-0.25, -0.2) is 9.52 Å². The first kappa shape index (κ1) is 18.9. The molecule has 0 atom stereocenters. The first-order valence-corrected chi connectivity index (χ1v) is 11.2. The number of amides is 2. The summed E-state index contributed by atoms with van der Waals surface area (Å²) in [4.78, 5) is 12.2. The van der Waals surface area contributed by atoms with Gasteiger partial charge in [-0.2, -0.15) is 12.7 Å². The van der Waals surface area contributed by atoms with Gasteiger partial charge in [-0.3, -0.25) is 0 Å². The van der Waals surface area contributed by atoms with Gasteiger partial charge in [-0.05, 0) is 25.7 Å². The normalized spacial score (nSPS) is 26.1. The summed E-state index contributed by atoms with van der Waals surface area (Å²) in [6.45, 7) is 1.04. The molecule has 1 spiro atoms. The third-order valence-corrected chi connectivity index (χ3v) is 7.17. The molecule has 0 aromatic rings. The topological polar surface area (TPSA) is 87.7 Å². The van der Waals surface area contributed by atoms with E-state index in [0.717, 1.165) is 51.4 Å². The minimum absolute atomic E-state index is 0.0760. The molecule has 0 bridgehead atoms. The van der Waals surface area contributed by atoms with Gasteiger partial charge in [0, 0.05) is 19.1 Å². The number of morpholine rings is 1. The van der Waals surface area contributed by atoms with Crippen molar-refractivity contribution in [3.63, 3.8) is 0 Å². The Morgan fingerprint density at radius 2 is 1.64 bits per heavy atom. The zero-order valence-corrected chi connectivity index (χ0v) is 15.8. The minimum Gasteiger partial charge on any atom is -0.372 e. The van der Waals surface area contributed by atoms with E-state index in [9.17, 15) is 13.2 Å². The highest BCUT2D eigenvalue weighted by molar-refractivity contribution is 7.87. The van der Waals surface area contributed by atoms with Crippen molar-refractivity contribution in [3.8, 4) is 0 Å². The highest BCUT2D eigenvalue weighted by Crippen LogP contribution is 2.34. The van der Waals surface area contributed by atoms with Gasteiger partial charge in [0.05, 0.1) is 12.2 Å². The molecule has 0 radical (unpaired) electrons. The van der Waals surface area contributed by atoms with Gasteiger partial charge in [0.1, 0.15) is 0 Å². The lowest BCUT2D eigenvalue weighted by molar-refractivity contribution is -0.109. The lowest BCUT2D eigenvalue weighted by atomic mass is 9.84.